The van der Waals surface area contributed by atoms with Gasteiger partial charge in [-0.2, -0.15) is 5.10 Å². The van der Waals surface area contributed by atoms with E-state index in [1.807, 2.05) is 0 Å². The molecule has 1 unspecified atom stereocenters. The van der Waals surface area contributed by atoms with Crippen molar-refractivity contribution >= 4 is 12.0 Å². The van der Waals surface area contributed by atoms with Crippen LogP contribution in [0, 0.1) is 0 Å². The summed E-state index contributed by atoms with van der Waals surface area (Å²) in [7, 11) is 1.66. The van der Waals surface area contributed by atoms with Gasteiger partial charge in [-0.25, -0.2) is 9.59 Å². The summed E-state index contributed by atoms with van der Waals surface area (Å²) in [5, 5.41) is 21.3. The highest BCUT2D eigenvalue weighted by molar-refractivity contribution is 5.83. The van der Waals surface area contributed by atoms with Gasteiger partial charge in [-0.1, -0.05) is 5.16 Å². The van der Waals surface area contributed by atoms with Gasteiger partial charge < -0.3 is 20.3 Å². The Balaban J connectivity index is 1.94. The summed E-state index contributed by atoms with van der Waals surface area (Å²) in [6.45, 7) is 0.116. The Hall–Kier alpha value is -2.84. The van der Waals surface area contributed by atoms with E-state index in [0.717, 1.165) is 0 Å². The zero-order chi connectivity index (χ0) is 14.5. The fourth-order valence-corrected chi connectivity index (χ4v) is 1.56. The van der Waals surface area contributed by atoms with Crippen LogP contribution < -0.4 is 10.6 Å². The van der Waals surface area contributed by atoms with E-state index in [1.165, 1.54) is 23.3 Å². The number of aromatic nitrogens is 3. The second-order valence-corrected chi connectivity index (χ2v) is 4.02. The molecule has 0 bridgehead atoms. The van der Waals surface area contributed by atoms with E-state index >= 15 is 0 Å². The Morgan fingerprint density at radius 1 is 1.55 bits per heavy atom. The van der Waals surface area contributed by atoms with Gasteiger partial charge in [0.1, 0.15) is 0 Å². The first-order chi connectivity index (χ1) is 9.56. The highest BCUT2D eigenvalue weighted by Gasteiger charge is 2.23. The van der Waals surface area contributed by atoms with Crippen LogP contribution in [-0.4, -0.2) is 32.0 Å². The lowest BCUT2D eigenvalue weighted by molar-refractivity contribution is -0.139. The smallest absolute Gasteiger partial charge is 0.331 e. The molecule has 2 aromatic rings. The second kappa shape index (κ2) is 5.87. The maximum atomic E-state index is 11.7. The third-order valence-electron chi connectivity index (χ3n) is 2.49. The Kier molecular flexibility index (Phi) is 3.99. The van der Waals surface area contributed by atoms with Crippen LogP contribution in [0.4, 0.5) is 4.79 Å². The zero-order valence-corrected chi connectivity index (χ0v) is 10.6. The van der Waals surface area contributed by atoms with E-state index in [2.05, 4.69) is 20.9 Å². The van der Waals surface area contributed by atoms with Crippen LogP contribution in [0.2, 0.25) is 0 Å². The van der Waals surface area contributed by atoms with Crippen molar-refractivity contribution in [3.05, 3.63) is 36.0 Å². The average molecular weight is 279 g/mol. The summed E-state index contributed by atoms with van der Waals surface area (Å²) in [4.78, 5) is 22.8. The molecule has 2 aromatic heterocycles. The van der Waals surface area contributed by atoms with Crippen molar-refractivity contribution < 1.29 is 19.2 Å². The van der Waals surface area contributed by atoms with Gasteiger partial charge in [0.25, 0.3) is 0 Å². The topological polar surface area (TPSA) is 122 Å². The number of hydrogen-bond acceptors (Lipinski definition) is 5. The van der Waals surface area contributed by atoms with Gasteiger partial charge in [0, 0.05) is 24.9 Å². The molecule has 2 rings (SSSR count). The molecule has 2 heterocycles. The first-order valence-corrected chi connectivity index (χ1v) is 5.71. The number of hydrogen-bond donors (Lipinski definition) is 3. The van der Waals surface area contributed by atoms with Crippen LogP contribution in [-0.2, 0) is 18.4 Å². The van der Waals surface area contributed by atoms with Crippen LogP contribution in [0.15, 0.2) is 29.2 Å². The molecule has 1 atom stereocenters. The van der Waals surface area contributed by atoms with Crippen LogP contribution in [0.25, 0.3) is 0 Å². The number of rotatable bonds is 5. The number of aliphatic carboxylic acids is 1. The highest BCUT2D eigenvalue weighted by atomic mass is 16.5. The summed E-state index contributed by atoms with van der Waals surface area (Å²) in [5.74, 6) is -0.707. The number of carboxylic acid groups (broad SMARTS) is 1. The van der Waals surface area contributed by atoms with E-state index in [1.54, 1.807) is 13.1 Å². The molecular weight excluding hydrogens is 266 g/mol. The third kappa shape index (κ3) is 3.34. The number of carbonyl (C=O) groups is 2. The highest BCUT2D eigenvalue weighted by Crippen LogP contribution is 2.11. The molecule has 0 aliphatic rings. The molecule has 106 valence electrons. The predicted molar refractivity (Wildman–Crippen MR) is 65.5 cm³/mol. The number of carbonyl (C=O) groups excluding carboxylic acids is 1. The SMILES string of the molecule is Cn1cc(C(NC(=O)NCc2ccno2)C(=O)O)cn1. The summed E-state index contributed by atoms with van der Waals surface area (Å²) in [6, 6.07) is -0.202. The van der Waals surface area contributed by atoms with E-state index in [9.17, 15) is 9.59 Å². The largest absolute Gasteiger partial charge is 0.479 e. The number of aryl methyl sites for hydroxylation is 1. The molecule has 0 fully saturated rings. The normalized spacial score (nSPS) is 11.8. The van der Waals surface area contributed by atoms with Gasteiger partial charge in [-0.3, -0.25) is 4.68 Å². The molecular formula is C11H13N5O4. The van der Waals surface area contributed by atoms with Gasteiger partial charge >= 0.3 is 12.0 Å². The number of amides is 2. The van der Waals surface area contributed by atoms with Crippen LogP contribution >= 0.6 is 0 Å². The summed E-state index contributed by atoms with van der Waals surface area (Å²) >= 11 is 0. The summed E-state index contributed by atoms with van der Waals surface area (Å²) in [5.41, 5.74) is 0.384. The van der Waals surface area contributed by atoms with Crippen molar-refractivity contribution in [1.82, 2.24) is 25.6 Å². The quantitative estimate of drug-likeness (QED) is 0.710. The van der Waals surface area contributed by atoms with Crippen molar-refractivity contribution in [2.75, 3.05) is 0 Å². The van der Waals surface area contributed by atoms with Crippen molar-refractivity contribution in [2.45, 2.75) is 12.6 Å². The second-order valence-electron chi connectivity index (χ2n) is 4.02. The standard InChI is InChI=1S/C11H13N5O4/c1-16-6-7(4-13-16)9(10(17)18)15-11(19)12-5-8-2-3-14-20-8/h2-4,6,9H,5H2,1H3,(H,17,18)(H2,12,15,19). The Morgan fingerprint density at radius 2 is 2.35 bits per heavy atom. The predicted octanol–water partition coefficient (Wildman–Crippen LogP) is 0.0332. The molecule has 0 radical (unpaired) electrons. The van der Waals surface area contributed by atoms with Crippen molar-refractivity contribution in [1.29, 1.82) is 0 Å². The molecule has 0 aliphatic heterocycles. The van der Waals surface area contributed by atoms with Gasteiger partial charge in [0.05, 0.1) is 18.9 Å². The minimum Gasteiger partial charge on any atom is -0.479 e. The Morgan fingerprint density at radius 3 is 2.90 bits per heavy atom. The Bertz CT molecular complexity index is 592. The van der Waals surface area contributed by atoms with E-state index in [-0.39, 0.29) is 6.54 Å². The van der Waals surface area contributed by atoms with E-state index in [0.29, 0.717) is 11.3 Å². The number of urea groups is 1. The maximum Gasteiger partial charge on any atom is 0.331 e. The van der Waals surface area contributed by atoms with Gasteiger partial charge in [0.15, 0.2) is 11.8 Å². The molecule has 9 heteroatoms. The van der Waals surface area contributed by atoms with Crippen molar-refractivity contribution in [3.63, 3.8) is 0 Å². The zero-order valence-electron chi connectivity index (χ0n) is 10.6. The van der Waals surface area contributed by atoms with Crippen LogP contribution in [0.3, 0.4) is 0 Å². The van der Waals surface area contributed by atoms with Crippen molar-refractivity contribution in [3.8, 4) is 0 Å². The molecule has 0 aliphatic carbocycles. The molecule has 2 amide bonds. The van der Waals surface area contributed by atoms with Crippen molar-refractivity contribution in [2.24, 2.45) is 7.05 Å². The lowest BCUT2D eigenvalue weighted by Gasteiger charge is -2.13. The van der Waals surface area contributed by atoms with Gasteiger partial charge in [-0.15, -0.1) is 0 Å². The monoisotopic (exact) mass is 279 g/mol. The van der Waals surface area contributed by atoms with E-state index < -0.39 is 18.0 Å². The minimum atomic E-state index is -1.17. The summed E-state index contributed by atoms with van der Waals surface area (Å²) < 4.78 is 6.26. The molecule has 3 N–H and O–H groups in total. The lowest BCUT2D eigenvalue weighted by Crippen LogP contribution is -2.40. The minimum absolute atomic E-state index is 0.116. The van der Waals surface area contributed by atoms with Crippen LogP contribution in [0.5, 0.6) is 0 Å². The maximum absolute atomic E-state index is 11.7. The lowest BCUT2D eigenvalue weighted by atomic mass is 10.1. The fraction of sp³-hybridized carbons (Fsp3) is 0.273. The molecule has 0 aromatic carbocycles. The fourth-order valence-electron chi connectivity index (χ4n) is 1.56. The van der Waals surface area contributed by atoms with E-state index in [4.69, 9.17) is 9.63 Å². The number of nitrogens with zero attached hydrogens (tertiary/aromatic N) is 3. The van der Waals surface area contributed by atoms with Gasteiger partial charge in [-0.05, 0) is 0 Å². The molecule has 0 saturated heterocycles. The third-order valence-corrected chi connectivity index (χ3v) is 2.49. The Labute approximate surface area is 113 Å². The molecule has 0 saturated carbocycles. The van der Waals surface area contributed by atoms with Crippen LogP contribution in [0.1, 0.15) is 17.4 Å². The van der Waals surface area contributed by atoms with Gasteiger partial charge in [0.2, 0.25) is 0 Å². The molecule has 0 spiro atoms. The summed E-state index contributed by atoms with van der Waals surface area (Å²) in [6.07, 6.45) is 4.36. The first kappa shape index (κ1) is 13.6. The molecule has 20 heavy (non-hydrogen) atoms. The number of nitrogens with one attached hydrogen (secondary N) is 2. The first-order valence-electron chi connectivity index (χ1n) is 5.71. The number of carboxylic acids is 1. The molecule has 9 nitrogen and oxygen atoms in total. The average Bonchev–Trinajstić information content (AvgIpc) is 3.04.